The van der Waals surface area contributed by atoms with Crippen molar-refractivity contribution in [2.24, 2.45) is 0 Å². The quantitative estimate of drug-likeness (QED) is 0.668. The number of nitrogens with two attached hydrogens (primary N) is 1. The molecule has 0 spiro atoms. The number of carboxylic acid groups (broad SMARTS) is 1. The molecule has 1 aromatic carbocycles. The molecule has 0 saturated heterocycles. The fraction of sp³-hybridized carbons (Fsp3) is 0.0833. The molecule has 0 fully saturated rings. The number of halogens is 1. The number of rotatable bonds is 3. The van der Waals surface area contributed by atoms with Crippen LogP contribution in [-0.4, -0.2) is 21.0 Å². The highest BCUT2D eigenvalue weighted by molar-refractivity contribution is 7.99. The van der Waals surface area contributed by atoms with Crippen LogP contribution in [0.4, 0.5) is 5.69 Å². The van der Waals surface area contributed by atoms with Gasteiger partial charge in [-0.25, -0.2) is 14.8 Å². The van der Waals surface area contributed by atoms with Gasteiger partial charge in [0.25, 0.3) is 0 Å². The molecule has 7 heteroatoms. The molecule has 2 aromatic rings. The van der Waals surface area contributed by atoms with E-state index in [1.807, 2.05) is 6.92 Å². The fourth-order valence-electron chi connectivity index (χ4n) is 1.44. The molecule has 0 atom stereocenters. The highest BCUT2D eigenvalue weighted by atomic mass is 35.5. The van der Waals surface area contributed by atoms with Gasteiger partial charge in [0.05, 0.1) is 10.6 Å². The topological polar surface area (TPSA) is 89.1 Å². The number of nitrogen functional groups attached to an aromatic ring is 1. The molecule has 1 heterocycles. The van der Waals surface area contributed by atoms with Crippen LogP contribution in [0.15, 0.2) is 34.4 Å². The van der Waals surface area contributed by atoms with Crippen molar-refractivity contribution in [1.82, 2.24) is 9.97 Å². The molecule has 19 heavy (non-hydrogen) atoms. The summed E-state index contributed by atoms with van der Waals surface area (Å²) in [5.74, 6) is -1.09. The molecule has 5 nitrogen and oxygen atoms in total. The number of aromatic nitrogens is 2. The summed E-state index contributed by atoms with van der Waals surface area (Å²) in [6, 6.07) is 4.63. The lowest BCUT2D eigenvalue weighted by atomic mass is 10.2. The lowest BCUT2D eigenvalue weighted by Crippen LogP contribution is -2.02. The van der Waals surface area contributed by atoms with Gasteiger partial charge in [-0.05, 0) is 36.9 Å². The van der Waals surface area contributed by atoms with Crippen LogP contribution < -0.4 is 5.73 Å². The first-order chi connectivity index (χ1) is 8.97. The van der Waals surface area contributed by atoms with Gasteiger partial charge in [-0.2, -0.15) is 0 Å². The third-order valence-corrected chi connectivity index (χ3v) is 3.70. The van der Waals surface area contributed by atoms with Crippen LogP contribution >= 0.6 is 23.4 Å². The van der Waals surface area contributed by atoms with Gasteiger partial charge in [0.2, 0.25) is 0 Å². The molecule has 0 bridgehead atoms. The molecular formula is C12H10ClN3O2S. The number of aromatic carboxylic acids is 1. The zero-order chi connectivity index (χ0) is 14.0. The SMILES string of the molecule is Cc1ccnc(Sc2c(Cl)cc(N)cc2C(=O)O)n1. The predicted octanol–water partition coefficient (Wildman–Crippen LogP) is 2.87. The Kier molecular flexibility index (Phi) is 3.92. The van der Waals surface area contributed by atoms with Crippen molar-refractivity contribution in [3.8, 4) is 0 Å². The fourth-order valence-corrected chi connectivity index (χ4v) is 2.69. The summed E-state index contributed by atoms with van der Waals surface area (Å²) >= 11 is 7.15. The van der Waals surface area contributed by atoms with E-state index in [1.54, 1.807) is 12.3 Å². The minimum atomic E-state index is -1.09. The lowest BCUT2D eigenvalue weighted by Gasteiger charge is -2.08. The second-order valence-electron chi connectivity index (χ2n) is 3.77. The summed E-state index contributed by atoms with van der Waals surface area (Å²) in [5, 5.41) is 9.89. The number of carboxylic acids is 1. The Balaban J connectivity index is 2.47. The molecule has 3 N–H and O–H groups in total. The molecule has 2 rings (SSSR count). The summed E-state index contributed by atoms with van der Waals surface area (Å²) in [6.07, 6.45) is 1.61. The number of anilines is 1. The van der Waals surface area contributed by atoms with Gasteiger partial charge in [-0.1, -0.05) is 11.6 Å². The first kappa shape index (κ1) is 13.6. The Hall–Kier alpha value is -1.79. The van der Waals surface area contributed by atoms with E-state index in [2.05, 4.69) is 9.97 Å². The van der Waals surface area contributed by atoms with Crippen molar-refractivity contribution in [3.63, 3.8) is 0 Å². The monoisotopic (exact) mass is 295 g/mol. The average Bonchev–Trinajstić information content (AvgIpc) is 2.32. The molecule has 0 saturated carbocycles. The molecular weight excluding hydrogens is 286 g/mol. The first-order valence-corrected chi connectivity index (χ1v) is 6.46. The van der Waals surface area contributed by atoms with E-state index in [0.29, 0.717) is 15.7 Å². The molecule has 0 amide bonds. The summed E-state index contributed by atoms with van der Waals surface area (Å²) in [6.45, 7) is 1.83. The maximum Gasteiger partial charge on any atom is 0.336 e. The molecule has 0 aliphatic carbocycles. The van der Waals surface area contributed by atoms with Gasteiger partial charge in [0.1, 0.15) is 0 Å². The zero-order valence-electron chi connectivity index (χ0n) is 9.92. The summed E-state index contributed by atoms with van der Waals surface area (Å²) < 4.78 is 0. The Bertz CT molecular complexity index is 649. The van der Waals surface area contributed by atoms with Crippen molar-refractivity contribution in [2.75, 3.05) is 5.73 Å². The van der Waals surface area contributed by atoms with Crippen molar-refractivity contribution in [1.29, 1.82) is 0 Å². The van der Waals surface area contributed by atoms with Crippen molar-refractivity contribution < 1.29 is 9.90 Å². The zero-order valence-corrected chi connectivity index (χ0v) is 11.5. The van der Waals surface area contributed by atoms with Crippen LogP contribution in [0.1, 0.15) is 16.1 Å². The van der Waals surface area contributed by atoms with E-state index >= 15 is 0 Å². The third kappa shape index (κ3) is 3.15. The van der Waals surface area contributed by atoms with Crippen LogP contribution in [0.2, 0.25) is 5.02 Å². The van der Waals surface area contributed by atoms with Gasteiger partial charge < -0.3 is 10.8 Å². The molecule has 0 radical (unpaired) electrons. The molecule has 0 aliphatic rings. The highest BCUT2D eigenvalue weighted by Crippen LogP contribution is 2.36. The van der Waals surface area contributed by atoms with E-state index in [4.69, 9.17) is 17.3 Å². The molecule has 98 valence electrons. The van der Waals surface area contributed by atoms with Crippen LogP contribution in [0.5, 0.6) is 0 Å². The normalized spacial score (nSPS) is 10.4. The average molecular weight is 296 g/mol. The van der Waals surface area contributed by atoms with E-state index in [0.717, 1.165) is 17.5 Å². The van der Waals surface area contributed by atoms with Crippen molar-refractivity contribution in [3.05, 3.63) is 40.7 Å². The number of nitrogens with zero attached hydrogens (tertiary/aromatic N) is 2. The van der Waals surface area contributed by atoms with E-state index in [1.165, 1.54) is 12.1 Å². The molecule has 1 aromatic heterocycles. The maximum absolute atomic E-state index is 11.2. The van der Waals surface area contributed by atoms with Gasteiger partial charge in [0.15, 0.2) is 5.16 Å². The highest BCUT2D eigenvalue weighted by Gasteiger charge is 2.17. The number of carbonyl (C=O) groups is 1. The molecule has 0 aliphatic heterocycles. The van der Waals surface area contributed by atoms with Gasteiger partial charge in [-0.15, -0.1) is 0 Å². The standard InChI is InChI=1S/C12H10ClN3O2S/c1-6-2-3-15-12(16-6)19-10-8(11(17)18)4-7(14)5-9(10)13/h2-5H,14H2,1H3,(H,17,18). The van der Waals surface area contributed by atoms with Crippen molar-refractivity contribution in [2.45, 2.75) is 17.0 Å². The first-order valence-electron chi connectivity index (χ1n) is 5.27. The van der Waals surface area contributed by atoms with Crippen LogP contribution in [0.3, 0.4) is 0 Å². The van der Waals surface area contributed by atoms with E-state index in [9.17, 15) is 9.90 Å². The second kappa shape index (κ2) is 5.46. The largest absolute Gasteiger partial charge is 0.478 e. The van der Waals surface area contributed by atoms with Gasteiger partial charge in [0, 0.05) is 22.5 Å². The minimum absolute atomic E-state index is 0.0418. The summed E-state index contributed by atoms with van der Waals surface area (Å²) in [5.41, 5.74) is 6.73. The number of hydrogen-bond acceptors (Lipinski definition) is 5. The minimum Gasteiger partial charge on any atom is -0.478 e. The number of hydrogen-bond donors (Lipinski definition) is 2. The third-order valence-electron chi connectivity index (χ3n) is 2.26. The van der Waals surface area contributed by atoms with Crippen molar-refractivity contribution >= 4 is 35.0 Å². The molecule has 0 unspecified atom stereocenters. The second-order valence-corrected chi connectivity index (χ2v) is 5.15. The predicted molar refractivity (Wildman–Crippen MR) is 73.7 cm³/mol. The Morgan fingerprint density at radius 2 is 2.21 bits per heavy atom. The Morgan fingerprint density at radius 1 is 1.47 bits per heavy atom. The van der Waals surface area contributed by atoms with Gasteiger partial charge >= 0.3 is 5.97 Å². The Labute approximate surface area is 118 Å². The number of benzene rings is 1. The van der Waals surface area contributed by atoms with Crippen LogP contribution in [0.25, 0.3) is 0 Å². The van der Waals surface area contributed by atoms with Gasteiger partial charge in [-0.3, -0.25) is 0 Å². The van der Waals surface area contributed by atoms with E-state index < -0.39 is 5.97 Å². The lowest BCUT2D eigenvalue weighted by molar-refractivity contribution is 0.0693. The summed E-state index contributed by atoms with van der Waals surface area (Å²) in [7, 11) is 0. The summed E-state index contributed by atoms with van der Waals surface area (Å²) in [4.78, 5) is 19.9. The van der Waals surface area contributed by atoms with E-state index in [-0.39, 0.29) is 10.6 Å². The smallest absolute Gasteiger partial charge is 0.336 e. The number of aryl methyl sites for hydroxylation is 1. The maximum atomic E-state index is 11.2. The van der Waals surface area contributed by atoms with Crippen LogP contribution in [0, 0.1) is 6.92 Å². The Morgan fingerprint density at radius 3 is 2.84 bits per heavy atom. The van der Waals surface area contributed by atoms with Crippen LogP contribution in [-0.2, 0) is 0 Å².